The van der Waals surface area contributed by atoms with E-state index in [0.717, 1.165) is 11.1 Å². The van der Waals surface area contributed by atoms with Gasteiger partial charge in [-0.3, -0.25) is 9.36 Å². The van der Waals surface area contributed by atoms with Crippen LogP contribution in [0.4, 0.5) is 0 Å². The molecular weight excluding hydrogens is 324 g/mol. The highest BCUT2D eigenvalue weighted by molar-refractivity contribution is 7.17. The van der Waals surface area contributed by atoms with Gasteiger partial charge in [0, 0.05) is 7.05 Å². The van der Waals surface area contributed by atoms with Crippen molar-refractivity contribution in [3.05, 3.63) is 74.3 Å². The zero-order valence-corrected chi connectivity index (χ0v) is 13.8. The molecule has 0 atom stereocenters. The van der Waals surface area contributed by atoms with Crippen molar-refractivity contribution in [2.24, 2.45) is 7.05 Å². The van der Waals surface area contributed by atoms with Crippen LogP contribution in [0.15, 0.2) is 51.9 Å². The number of benzene rings is 1. The normalized spacial score (nSPS) is 11.4. The maximum atomic E-state index is 12.8. The molecule has 1 aromatic carbocycles. The molecule has 0 aliphatic rings. The first-order valence-corrected chi connectivity index (χ1v) is 8.25. The average Bonchev–Trinajstić information content (AvgIpc) is 3.19. The fraction of sp³-hybridized carbons (Fsp3) is 0.118. The summed E-state index contributed by atoms with van der Waals surface area (Å²) in [5, 5.41) is 6.16. The molecule has 3 aromatic heterocycles. The standard InChI is InChI=1S/C17H14N4O2S/c1-3-11-4-6-12(7-5-11)10-20-17(23)21-13-8-9-24-14(13)15(22)19(2)16(21)18-20/h3-9H,1,10H2,2H3. The summed E-state index contributed by atoms with van der Waals surface area (Å²) in [5.41, 5.74) is 2.19. The van der Waals surface area contributed by atoms with Crippen molar-refractivity contribution < 1.29 is 0 Å². The van der Waals surface area contributed by atoms with Gasteiger partial charge in [0.25, 0.3) is 5.56 Å². The van der Waals surface area contributed by atoms with Gasteiger partial charge in [0.2, 0.25) is 5.78 Å². The highest BCUT2D eigenvalue weighted by atomic mass is 32.1. The molecule has 0 aliphatic heterocycles. The van der Waals surface area contributed by atoms with E-state index in [-0.39, 0.29) is 11.2 Å². The van der Waals surface area contributed by atoms with E-state index < -0.39 is 0 Å². The lowest BCUT2D eigenvalue weighted by Crippen LogP contribution is -2.24. The second kappa shape index (κ2) is 5.31. The highest BCUT2D eigenvalue weighted by Gasteiger charge is 2.16. The minimum Gasteiger partial charge on any atom is -0.279 e. The molecule has 0 amide bonds. The maximum Gasteiger partial charge on any atom is 0.352 e. The van der Waals surface area contributed by atoms with Crippen molar-refractivity contribution in [2.45, 2.75) is 6.54 Å². The number of aryl methyl sites for hydroxylation is 1. The number of hydrogen-bond donors (Lipinski definition) is 0. The lowest BCUT2D eigenvalue weighted by Gasteiger charge is -2.00. The smallest absolute Gasteiger partial charge is 0.279 e. The summed E-state index contributed by atoms with van der Waals surface area (Å²) < 4.78 is 4.85. The topological polar surface area (TPSA) is 61.3 Å². The van der Waals surface area contributed by atoms with Crippen LogP contribution in [0.1, 0.15) is 11.1 Å². The number of aromatic nitrogens is 4. The molecule has 0 unspecified atom stereocenters. The van der Waals surface area contributed by atoms with Gasteiger partial charge >= 0.3 is 5.69 Å². The van der Waals surface area contributed by atoms with E-state index >= 15 is 0 Å². The molecule has 0 radical (unpaired) electrons. The molecule has 4 rings (SSSR count). The Kier molecular flexibility index (Phi) is 3.24. The predicted molar refractivity (Wildman–Crippen MR) is 95.7 cm³/mol. The van der Waals surface area contributed by atoms with Crippen LogP contribution in [0.5, 0.6) is 0 Å². The van der Waals surface area contributed by atoms with Crippen LogP contribution in [0.2, 0.25) is 0 Å². The van der Waals surface area contributed by atoms with Gasteiger partial charge in [-0.1, -0.05) is 36.9 Å². The van der Waals surface area contributed by atoms with E-state index in [1.807, 2.05) is 29.6 Å². The van der Waals surface area contributed by atoms with E-state index in [1.54, 1.807) is 19.2 Å². The molecule has 7 heteroatoms. The Morgan fingerprint density at radius 2 is 1.96 bits per heavy atom. The van der Waals surface area contributed by atoms with Crippen molar-refractivity contribution in [2.75, 3.05) is 0 Å². The number of rotatable bonds is 3. The summed E-state index contributed by atoms with van der Waals surface area (Å²) in [4.78, 5) is 25.1. The number of hydrogen-bond acceptors (Lipinski definition) is 4. The maximum absolute atomic E-state index is 12.8. The van der Waals surface area contributed by atoms with Gasteiger partial charge in [-0.2, -0.15) is 0 Å². The average molecular weight is 338 g/mol. The Morgan fingerprint density at radius 1 is 1.21 bits per heavy atom. The van der Waals surface area contributed by atoms with Crippen LogP contribution in [-0.4, -0.2) is 18.7 Å². The Balaban J connectivity index is 1.92. The zero-order chi connectivity index (χ0) is 16.8. The largest absolute Gasteiger partial charge is 0.352 e. The summed E-state index contributed by atoms with van der Waals surface area (Å²) in [6, 6.07) is 9.53. The zero-order valence-electron chi connectivity index (χ0n) is 13.0. The molecule has 0 spiro atoms. The van der Waals surface area contributed by atoms with Crippen LogP contribution in [-0.2, 0) is 13.6 Å². The van der Waals surface area contributed by atoms with E-state index in [2.05, 4.69) is 11.7 Å². The molecule has 3 heterocycles. The third-order valence-corrected chi connectivity index (χ3v) is 4.95. The third kappa shape index (κ3) is 2.05. The molecule has 0 aliphatic carbocycles. The molecule has 0 fully saturated rings. The monoisotopic (exact) mass is 338 g/mol. The summed E-state index contributed by atoms with van der Waals surface area (Å²) >= 11 is 1.33. The van der Waals surface area contributed by atoms with Crippen molar-refractivity contribution in [3.8, 4) is 0 Å². The van der Waals surface area contributed by atoms with Crippen molar-refractivity contribution in [3.63, 3.8) is 0 Å². The minimum atomic E-state index is -0.253. The minimum absolute atomic E-state index is 0.139. The molecule has 0 bridgehead atoms. The van der Waals surface area contributed by atoms with Crippen molar-refractivity contribution >= 4 is 33.4 Å². The molecule has 120 valence electrons. The molecule has 0 saturated carbocycles. The first kappa shape index (κ1) is 14.6. The summed E-state index contributed by atoms with van der Waals surface area (Å²) in [6.45, 7) is 4.07. The van der Waals surface area contributed by atoms with Gasteiger partial charge < -0.3 is 0 Å². The fourth-order valence-corrected chi connectivity index (χ4v) is 3.59. The van der Waals surface area contributed by atoms with Gasteiger partial charge in [0.1, 0.15) is 4.70 Å². The molecule has 24 heavy (non-hydrogen) atoms. The molecular formula is C17H14N4O2S. The second-order valence-corrected chi connectivity index (χ2v) is 6.44. The number of thiophene rings is 1. The van der Waals surface area contributed by atoms with Gasteiger partial charge in [0.15, 0.2) is 0 Å². The Bertz CT molecular complexity index is 1190. The van der Waals surface area contributed by atoms with Gasteiger partial charge in [-0.25, -0.2) is 13.9 Å². The lowest BCUT2D eigenvalue weighted by molar-refractivity contribution is 0.657. The third-order valence-electron chi connectivity index (χ3n) is 4.05. The Morgan fingerprint density at radius 3 is 2.67 bits per heavy atom. The quantitative estimate of drug-likeness (QED) is 0.575. The number of fused-ring (bicyclic) bond motifs is 3. The first-order chi connectivity index (χ1) is 11.6. The van der Waals surface area contributed by atoms with Crippen LogP contribution < -0.4 is 11.2 Å². The van der Waals surface area contributed by atoms with Crippen LogP contribution in [0.3, 0.4) is 0 Å². The molecule has 4 aromatic rings. The predicted octanol–water partition coefficient (Wildman–Crippen LogP) is 2.10. The molecule has 0 N–H and O–H groups in total. The van der Waals surface area contributed by atoms with Crippen LogP contribution >= 0.6 is 11.3 Å². The van der Waals surface area contributed by atoms with Crippen molar-refractivity contribution in [1.82, 2.24) is 18.7 Å². The van der Waals surface area contributed by atoms with Gasteiger partial charge in [-0.05, 0) is 22.6 Å². The molecule has 6 nitrogen and oxygen atoms in total. The summed E-state index contributed by atoms with van der Waals surface area (Å²) in [6.07, 6.45) is 1.77. The Labute approximate surface area is 140 Å². The van der Waals surface area contributed by atoms with E-state index in [1.165, 1.54) is 25.0 Å². The summed E-state index contributed by atoms with van der Waals surface area (Å²) in [7, 11) is 1.63. The first-order valence-electron chi connectivity index (χ1n) is 7.37. The lowest BCUT2D eigenvalue weighted by atomic mass is 10.1. The SMILES string of the molecule is C=Cc1ccc(Cn2nc3n(C)c(=O)c4sccc4n3c2=O)cc1. The highest BCUT2D eigenvalue weighted by Crippen LogP contribution is 2.16. The molecule has 0 saturated heterocycles. The van der Waals surface area contributed by atoms with Crippen LogP contribution in [0.25, 0.3) is 22.1 Å². The van der Waals surface area contributed by atoms with Crippen molar-refractivity contribution in [1.29, 1.82) is 0 Å². The second-order valence-electron chi connectivity index (χ2n) is 5.52. The van der Waals surface area contributed by atoms with E-state index in [0.29, 0.717) is 22.5 Å². The van der Waals surface area contributed by atoms with Gasteiger partial charge in [-0.15, -0.1) is 16.4 Å². The van der Waals surface area contributed by atoms with Gasteiger partial charge in [0.05, 0.1) is 12.1 Å². The Hall–Kier alpha value is -2.93. The fourth-order valence-electron chi connectivity index (χ4n) is 2.74. The number of nitrogens with zero attached hydrogens (tertiary/aromatic N) is 4. The van der Waals surface area contributed by atoms with E-state index in [9.17, 15) is 9.59 Å². The summed E-state index contributed by atoms with van der Waals surface area (Å²) in [5.74, 6) is 0.346. The van der Waals surface area contributed by atoms with E-state index in [4.69, 9.17) is 0 Å². The van der Waals surface area contributed by atoms with Crippen LogP contribution in [0, 0.1) is 0 Å².